The molecule has 2 rings (SSSR count). The molecule has 1 saturated carbocycles. The molecule has 18 heavy (non-hydrogen) atoms. The Morgan fingerprint density at radius 3 is 2.67 bits per heavy atom. The second-order valence-electron chi connectivity index (χ2n) is 6.81. The highest BCUT2D eigenvalue weighted by Crippen LogP contribution is 2.28. The van der Waals surface area contributed by atoms with Crippen molar-refractivity contribution in [1.82, 2.24) is 4.90 Å². The minimum atomic E-state index is 0.155. The van der Waals surface area contributed by atoms with Gasteiger partial charge in [-0.3, -0.25) is 4.90 Å². The first kappa shape index (κ1) is 14.3. The van der Waals surface area contributed by atoms with Gasteiger partial charge < -0.3 is 10.5 Å². The van der Waals surface area contributed by atoms with Crippen molar-refractivity contribution in [3.63, 3.8) is 0 Å². The molecule has 2 N–H and O–H groups in total. The van der Waals surface area contributed by atoms with Gasteiger partial charge in [-0.25, -0.2) is 0 Å². The first-order chi connectivity index (χ1) is 8.58. The van der Waals surface area contributed by atoms with Crippen LogP contribution in [0.3, 0.4) is 0 Å². The number of rotatable bonds is 4. The highest BCUT2D eigenvalue weighted by Gasteiger charge is 2.31. The summed E-state index contributed by atoms with van der Waals surface area (Å²) < 4.78 is 5.56. The van der Waals surface area contributed by atoms with Crippen LogP contribution in [0, 0.1) is 5.92 Å². The van der Waals surface area contributed by atoms with Gasteiger partial charge in [0.2, 0.25) is 0 Å². The lowest BCUT2D eigenvalue weighted by molar-refractivity contribution is -0.0538. The van der Waals surface area contributed by atoms with Crippen molar-refractivity contribution < 1.29 is 4.74 Å². The van der Waals surface area contributed by atoms with Gasteiger partial charge in [0.05, 0.1) is 13.2 Å². The second kappa shape index (κ2) is 6.36. The first-order valence-electron chi connectivity index (χ1n) is 7.66. The summed E-state index contributed by atoms with van der Waals surface area (Å²) in [5, 5.41) is 0. The molecule has 0 radical (unpaired) electrons. The van der Waals surface area contributed by atoms with Crippen molar-refractivity contribution in [2.24, 2.45) is 11.7 Å². The molecule has 1 saturated heterocycles. The summed E-state index contributed by atoms with van der Waals surface area (Å²) in [6, 6.07) is 0.338. The molecule has 1 unspecified atom stereocenters. The molecule has 0 aromatic carbocycles. The minimum Gasteiger partial charge on any atom is -0.378 e. The van der Waals surface area contributed by atoms with Crippen LogP contribution < -0.4 is 5.73 Å². The molecule has 1 heterocycles. The number of nitrogens with zero attached hydrogens (tertiary/aromatic N) is 1. The monoisotopic (exact) mass is 254 g/mol. The maximum Gasteiger partial charge on any atom is 0.0645 e. The summed E-state index contributed by atoms with van der Waals surface area (Å²) in [6.45, 7) is 8.29. The zero-order valence-electron chi connectivity index (χ0n) is 12.2. The van der Waals surface area contributed by atoms with Gasteiger partial charge in [0.1, 0.15) is 0 Å². The van der Waals surface area contributed by atoms with Gasteiger partial charge in [-0.2, -0.15) is 0 Å². The van der Waals surface area contributed by atoms with Crippen LogP contribution in [0.4, 0.5) is 0 Å². The first-order valence-corrected chi connectivity index (χ1v) is 7.66. The van der Waals surface area contributed by atoms with E-state index in [9.17, 15) is 0 Å². The predicted molar refractivity (Wildman–Crippen MR) is 75.6 cm³/mol. The standard InChI is InChI=1S/C15H30N2O/c1-15(2)12-18-9-8-17(15)11-14(16)10-13-6-4-3-5-7-13/h13-14H,3-12,16H2,1-2H3. The van der Waals surface area contributed by atoms with Gasteiger partial charge in [0.25, 0.3) is 0 Å². The fourth-order valence-corrected chi connectivity index (χ4v) is 3.44. The van der Waals surface area contributed by atoms with E-state index in [1.807, 2.05) is 0 Å². The largest absolute Gasteiger partial charge is 0.378 e. The maximum atomic E-state index is 6.37. The van der Waals surface area contributed by atoms with E-state index in [1.54, 1.807) is 0 Å². The van der Waals surface area contributed by atoms with Crippen molar-refractivity contribution in [3.8, 4) is 0 Å². The molecular formula is C15H30N2O. The maximum absolute atomic E-state index is 6.37. The van der Waals surface area contributed by atoms with Crippen LogP contribution >= 0.6 is 0 Å². The average molecular weight is 254 g/mol. The third kappa shape index (κ3) is 3.94. The SMILES string of the molecule is CC1(C)COCCN1CC(N)CC1CCCCC1. The Hall–Kier alpha value is -0.120. The lowest BCUT2D eigenvalue weighted by Crippen LogP contribution is -2.56. The topological polar surface area (TPSA) is 38.5 Å². The zero-order chi connectivity index (χ0) is 13.0. The van der Waals surface area contributed by atoms with Crippen LogP contribution in [0.1, 0.15) is 52.4 Å². The molecular weight excluding hydrogens is 224 g/mol. The fraction of sp³-hybridized carbons (Fsp3) is 1.00. The fourth-order valence-electron chi connectivity index (χ4n) is 3.44. The molecule has 0 aromatic rings. The Morgan fingerprint density at radius 2 is 2.00 bits per heavy atom. The van der Waals surface area contributed by atoms with Crippen LogP contribution in [0.2, 0.25) is 0 Å². The van der Waals surface area contributed by atoms with E-state index in [0.717, 1.165) is 32.2 Å². The van der Waals surface area contributed by atoms with Crippen LogP contribution in [-0.4, -0.2) is 42.8 Å². The van der Waals surface area contributed by atoms with Gasteiger partial charge in [-0.05, 0) is 26.2 Å². The van der Waals surface area contributed by atoms with Gasteiger partial charge in [-0.1, -0.05) is 32.1 Å². The summed E-state index contributed by atoms with van der Waals surface area (Å²) >= 11 is 0. The molecule has 1 aliphatic carbocycles. The van der Waals surface area contributed by atoms with E-state index in [0.29, 0.717) is 6.04 Å². The smallest absolute Gasteiger partial charge is 0.0645 e. The molecule has 0 bridgehead atoms. The molecule has 106 valence electrons. The van der Waals surface area contributed by atoms with E-state index in [2.05, 4.69) is 18.7 Å². The van der Waals surface area contributed by atoms with Gasteiger partial charge in [0, 0.05) is 24.7 Å². The van der Waals surface area contributed by atoms with Crippen LogP contribution in [-0.2, 0) is 4.74 Å². The third-order valence-corrected chi connectivity index (χ3v) is 4.63. The summed E-state index contributed by atoms with van der Waals surface area (Å²) in [6.07, 6.45) is 8.29. The number of hydrogen-bond donors (Lipinski definition) is 1. The van der Waals surface area contributed by atoms with Gasteiger partial charge >= 0.3 is 0 Å². The zero-order valence-corrected chi connectivity index (χ0v) is 12.2. The number of nitrogens with two attached hydrogens (primary N) is 1. The number of morpholine rings is 1. The summed E-state index contributed by atoms with van der Waals surface area (Å²) in [4.78, 5) is 2.52. The van der Waals surface area contributed by atoms with E-state index in [-0.39, 0.29) is 5.54 Å². The summed E-state index contributed by atoms with van der Waals surface area (Å²) in [5.74, 6) is 0.887. The van der Waals surface area contributed by atoms with Gasteiger partial charge in [-0.15, -0.1) is 0 Å². The number of ether oxygens (including phenoxy) is 1. The highest BCUT2D eigenvalue weighted by molar-refractivity contribution is 4.87. The molecule has 1 aliphatic heterocycles. The minimum absolute atomic E-state index is 0.155. The van der Waals surface area contributed by atoms with Crippen molar-refractivity contribution in [2.45, 2.75) is 64.0 Å². The normalized spacial score (nSPS) is 28.2. The quantitative estimate of drug-likeness (QED) is 0.837. The van der Waals surface area contributed by atoms with E-state index < -0.39 is 0 Å². The van der Waals surface area contributed by atoms with Crippen molar-refractivity contribution in [1.29, 1.82) is 0 Å². The molecule has 0 amide bonds. The van der Waals surface area contributed by atoms with E-state index >= 15 is 0 Å². The molecule has 3 nitrogen and oxygen atoms in total. The van der Waals surface area contributed by atoms with E-state index in [1.165, 1.54) is 38.5 Å². The van der Waals surface area contributed by atoms with Crippen molar-refractivity contribution in [3.05, 3.63) is 0 Å². The predicted octanol–water partition coefficient (Wildman–Crippen LogP) is 2.39. The van der Waals surface area contributed by atoms with Crippen LogP contribution in [0.25, 0.3) is 0 Å². The van der Waals surface area contributed by atoms with E-state index in [4.69, 9.17) is 10.5 Å². The molecule has 0 spiro atoms. The molecule has 2 fully saturated rings. The van der Waals surface area contributed by atoms with Crippen LogP contribution in [0.15, 0.2) is 0 Å². The molecule has 2 aliphatic rings. The summed E-state index contributed by atoms with van der Waals surface area (Å²) in [5.41, 5.74) is 6.53. The number of hydrogen-bond acceptors (Lipinski definition) is 3. The highest BCUT2D eigenvalue weighted by atomic mass is 16.5. The van der Waals surface area contributed by atoms with Crippen LogP contribution in [0.5, 0.6) is 0 Å². The van der Waals surface area contributed by atoms with Crippen molar-refractivity contribution >= 4 is 0 Å². The average Bonchev–Trinajstić information content (AvgIpc) is 2.33. The molecule has 1 atom stereocenters. The summed E-state index contributed by atoms with van der Waals surface area (Å²) in [7, 11) is 0. The van der Waals surface area contributed by atoms with Gasteiger partial charge in [0.15, 0.2) is 0 Å². The van der Waals surface area contributed by atoms with Crippen molar-refractivity contribution in [2.75, 3.05) is 26.3 Å². The Kier molecular flexibility index (Phi) is 5.05. The lowest BCUT2D eigenvalue weighted by atomic mass is 9.84. The molecule has 0 aromatic heterocycles. The lowest BCUT2D eigenvalue weighted by Gasteiger charge is -2.43. The third-order valence-electron chi connectivity index (χ3n) is 4.63. The molecule has 3 heteroatoms. The Labute approximate surface area is 112 Å². The Balaban J connectivity index is 1.77. The second-order valence-corrected chi connectivity index (χ2v) is 6.81. The Bertz CT molecular complexity index is 249. The Morgan fingerprint density at radius 1 is 1.28 bits per heavy atom.